The van der Waals surface area contributed by atoms with E-state index < -0.39 is 12.0 Å². The average Bonchev–Trinajstić information content (AvgIpc) is 3.01. The summed E-state index contributed by atoms with van der Waals surface area (Å²) in [7, 11) is 1.82. The van der Waals surface area contributed by atoms with Crippen LogP contribution < -0.4 is 5.32 Å². The van der Waals surface area contributed by atoms with Gasteiger partial charge in [0, 0.05) is 18.8 Å². The molecule has 94 valence electrons. The normalized spacial score (nSPS) is 17.1. The maximum atomic E-state index is 11.3. The van der Waals surface area contributed by atoms with Gasteiger partial charge in [0.1, 0.15) is 6.04 Å². The lowest BCUT2D eigenvalue weighted by molar-refractivity contribution is -0.139. The maximum Gasteiger partial charge on any atom is 0.325 e. The molecule has 5 nitrogen and oxygen atoms in total. The van der Waals surface area contributed by atoms with Gasteiger partial charge in [0.2, 0.25) is 0 Å². The smallest absolute Gasteiger partial charge is 0.325 e. The zero-order valence-corrected chi connectivity index (χ0v) is 10.3. The first-order valence-corrected chi connectivity index (χ1v) is 6.10. The molecule has 1 fully saturated rings. The van der Waals surface area contributed by atoms with E-state index in [9.17, 15) is 9.90 Å². The minimum absolute atomic E-state index is 0.626. The number of aromatic nitrogens is 2. The molecule has 1 atom stereocenters. The van der Waals surface area contributed by atoms with Gasteiger partial charge in [0.15, 0.2) is 0 Å². The Hall–Kier alpha value is -1.36. The Morgan fingerprint density at radius 2 is 2.41 bits per heavy atom. The van der Waals surface area contributed by atoms with E-state index in [1.807, 2.05) is 14.0 Å². The predicted octanol–water partition coefficient (Wildman–Crippen LogP) is 1.11. The first-order valence-electron chi connectivity index (χ1n) is 6.10. The van der Waals surface area contributed by atoms with Gasteiger partial charge < -0.3 is 10.4 Å². The van der Waals surface area contributed by atoms with Gasteiger partial charge in [-0.15, -0.1) is 0 Å². The highest BCUT2D eigenvalue weighted by Crippen LogP contribution is 2.29. The molecule has 2 N–H and O–H groups in total. The van der Waals surface area contributed by atoms with Gasteiger partial charge in [-0.2, -0.15) is 5.10 Å². The number of carbonyl (C=O) groups is 1. The average molecular weight is 237 g/mol. The van der Waals surface area contributed by atoms with Gasteiger partial charge in [0.05, 0.1) is 5.69 Å². The van der Waals surface area contributed by atoms with Crippen LogP contribution in [-0.4, -0.2) is 27.4 Å². The fraction of sp³-hybridized carbons (Fsp3) is 0.667. The minimum Gasteiger partial charge on any atom is -0.480 e. The van der Waals surface area contributed by atoms with Gasteiger partial charge in [-0.3, -0.25) is 9.48 Å². The zero-order valence-electron chi connectivity index (χ0n) is 10.3. The molecule has 0 spiro atoms. The Labute approximate surface area is 101 Å². The summed E-state index contributed by atoms with van der Waals surface area (Å²) in [5.41, 5.74) is 1.66. The lowest BCUT2D eigenvalue weighted by Gasteiger charge is -2.13. The van der Waals surface area contributed by atoms with Gasteiger partial charge in [-0.05, 0) is 31.7 Å². The van der Waals surface area contributed by atoms with Crippen molar-refractivity contribution in [1.82, 2.24) is 15.1 Å². The summed E-state index contributed by atoms with van der Waals surface area (Å²) >= 11 is 0. The molecule has 1 aliphatic rings. The third kappa shape index (κ3) is 2.85. The Bertz CT molecular complexity index is 410. The van der Waals surface area contributed by atoms with E-state index in [0.29, 0.717) is 5.92 Å². The molecular weight excluding hydrogens is 218 g/mol. The number of rotatable bonds is 6. The van der Waals surface area contributed by atoms with E-state index in [-0.39, 0.29) is 0 Å². The number of aliphatic carboxylic acids is 1. The summed E-state index contributed by atoms with van der Waals surface area (Å²) in [6, 6.07) is -0.626. The monoisotopic (exact) mass is 237 g/mol. The summed E-state index contributed by atoms with van der Waals surface area (Å²) in [5.74, 6) is -0.160. The second-order valence-corrected chi connectivity index (χ2v) is 4.68. The van der Waals surface area contributed by atoms with Crippen molar-refractivity contribution in [3.05, 3.63) is 17.5 Å². The molecule has 0 aliphatic heterocycles. The summed E-state index contributed by atoms with van der Waals surface area (Å²) in [6.07, 6.45) is 4.99. The van der Waals surface area contributed by atoms with Crippen LogP contribution >= 0.6 is 0 Å². The quantitative estimate of drug-likeness (QED) is 0.777. The Morgan fingerprint density at radius 3 is 2.94 bits per heavy atom. The highest BCUT2D eigenvalue weighted by atomic mass is 16.4. The van der Waals surface area contributed by atoms with Crippen LogP contribution in [0.5, 0.6) is 0 Å². The first kappa shape index (κ1) is 12.1. The van der Waals surface area contributed by atoms with Gasteiger partial charge in [-0.25, -0.2) is 0 Å². The number of hydrogen-bond donors (Lipinski definition) is 2. The van der Waals surface area contributed by atoms with E-state index in [0.717, 1.165) is 24.2 Å². The lowest BCUT2D eigenvalue weighted by atomic mass is 10.1. The Balaban J connectivity index is 2.14. The maximum absolute atomic E-state index is 11.3. The summed E-state index contributed by atoms with van der Waals surface area (Å²) in [6.45, 7) is 2.78. The molecule has 0 radical (unpaired) electrons. The van der Waals surface area contributed by atoms with Crippen molar-refractivity contribution in [2.24, 2.45) is 13.0 Å². The second-order valence-electron chi connectivity index (χ2n) is 4.68. The fourth-order valence-electron chi connectivity index (χ4n) is 2.01. The van der Waals surface area contributed by atoms with Crippen molar-refractivity contribution < 1.29 is 9.90 Å². The minimum atomic E-state index is -0.826. The summed E-state index contributed by atoms with van der Waals surface area (Å²) in [5, 5.41) is 16.7. The van der Waals surface area contributed by atoms with Crippen LogP contribution in [0.2, 0.25) is 0 Å². The second kappa shape index (κ2) is 4.87. The predicted molar refractivity (Wildman–Crippen MR) is 63.7 cm³/mol. The molecule has 0 bridgehead atoms. The van der Waals surface area contributed by atoms with Gasteiger partial charge >= 0.3 is 5.97 Å². The van der Waals surface area contributed by atoms with Crippen molar-refractivity contribution in [2.75, 3.05) is 6.54 Å². The van der Waals surface area contributed by atoms with Crippen molar-refractivity contribution in [3.63, 3.8) is 0 Å². The van der Waals surface area contributed by atoms with Crippen LogP contribution in [0.1, 0.15) is 37.1 Å². The van der Waals surface area contributed by atoms with Crippen LogP contribution in [0.25, 0.3) is 0 Å². The van der Waals surface area contributed by atoms with Crippen LogP contribution in [0.15, 0.2) is 6.20 Å². The number of nitrogens with one attached hydrogen (secondary N) is 1. The fourth-order valence-corrected chi connectivity index (χ4v) is 2.01. The number of carboxylic acid groups (broad SMARTS) is 1. The van der Waals surface area contributed by atoms with Gasteiger partial charge in [0.25, 0.3) is 0 Å². The molecule has 1 aromatic heterocycles. The van der Waals surface area contributed by atoms with Crippen LogP contribution in [0, 0.1) is 5.92 Å². The van der Waals surface area contributed by atoms with Crippen molar-refractivity contribution in [3.8, 4) is 0 Å². The van der Waals surface area contributed by atoms with Crippen molar-refractivity contribution in [2.45, 2.75) is 32.2 Å². The molecular formula is C12H19N3O2. The number of carboxylic acids is 1. The van der Waals surface area contributed by atoms with E-state index >= 15 is 0 Å². The number of nitrogens with zero attached hydrogens (tertiary/aromatic N) is 2. The molecule has 1 unspecified atom stereocenters. The van der Waals surface area contributed by atoms with Crippen LogP contribution in [0.3, 0.4) is 0 Å². The lowest BCUT2D eigenvalue weighted by Crippen LogP contribution is -2.30. The zero-order chi connectivity index (χ0) is 12.4. The van der Waals surface area contributed by atoms with E-state index in [2.05, 4.69) is 10.4 Å². The van der Waals surface area contributed by atoms with E-state index in [1.54, 1.807) is 10.9 Å². The molecule has 0 saturated heterocycles. The highest BCUT2D eigenvalue weighted by molar-refractivity contribution is 5.75. The van der Waals surface area contributed by atoms with Crippen molar-refractivity contribution >= 4 is 5.97 Å². The molecule has 1 aliphatic carbocycles. The summed E-state index contributed by atoms with van der Waals surface area (Å²) < 4.78 is 1.68. The summed E-state index contributed by atoms with van der Waals surface area (Å²) in [4.78, 5) is 11.3. The number of aryl methyl sites for hydroxylation is 2. The molecule has 1 aromatic rings. The molecule has 17 heavy (non-hydrogen) atoms. The van der Waals surface area contributed by atoms with E-state index in [1.165, 1.54) is 12.8 Å². The SMILES string of the molecule is CCc1nn(C)cc1C(NCC1CC1)C(=O)O. The molecule has 2 rings (SSSR count). The molecule has 0 amide bonds. The van der Waals surface area contributed by atoms with Crippen LogP contribution in [0.4, 0.5) is 0 Å². The Kier molecular flexibility index (Phi) is 3.47. The standard InChI is InChI=1S/C12H19N3O2/c1-3-10-9(7-15(2)14-10)11(12(16)17)13-6-8-4-5-8/h7-8,11,13H,3-6H2,1-2H3,(H,16,17). The number of hydrogen-bond acceptors (Lipinski definition) is 3. The largest absolute Gasteiger partial charge is 0.480 e. The third-order valence-corrected chi connectivity index (χ3v) is 3.14. The van der Waals surface area contributed by atoms with E-state index in [4.69, 9.17) is 0 Å². The topological polar surface area (TPSA) is 67.2 Å². The van der Waals surface area contributed by atoms with Crippen LogP contribution in [-0.2, 0) is 18.3 Å². The molecule has 0 aromatic carbocycles. The highest BCUT2D eigenvalue weighted by Gasteiger charge is 2.28. The Morgan fingerprint density at radius 1 is 1.71 bits per heavy atom. The van der Waals surface area contributed by atoms with Gasteiger partial charge in [-0.1, -0.05) is 6.92 Å². The molecule has 5 heteroatoms. The molecule has 1 heterocycles. The van der Waals surface area contributed by atoms with Crippen molar-refractivity contribution in [1.29, 1.82) is 0 Å². The third-order valence-electron chi connectivity index (χ3n) is 3.14. The first-order chi connectivity index (χ1) is 8.11. The molecule has 1 saturated carbocycles.